The first-order valence-electron chi connectivity index (χ1n) is 6.42. The smallest absolute Gasteiger partial charge is 0.192 e. The van der Waals surface area contributed by atoms with Gasteiger partial charge in [0.05, 0.1) is 18.8 Å². The third-order valence-electron chi connectivity index (χ3n) is 2.76. The van der Waals surface area contributed by atoms with Crippen molar-refractivity contribution in [2.45, 2.75) is 33.3 Å². The lowest BCUT2D eigenvalue weighted by atomic mass is 10.1. The maximum atomic E-state index is 13.2. The van der Waals surface area contributed by atoms with Crippen molar-refractivity contribution in [1.82, 2.24) is 0 Å². The minimum atomic E-state index is -0.459. The summed E-state index contributed by atoms with van der Waals surface area (Å²) in [5, 5.41) is 0. The third kappa shape index (κ3) is 4.99. The molecule has 0 amide bonds. The van der Waals surface area contributed by atoms with E-state index in [0.717, 1.165) is 6.42 Å². The highest BCUT2D eigenvalue weighted by atomic mass is 19.1. The van der Waals surface area contributed by atoms with Gasteiger partial charge in [-0.05, 0) is 37.5 Å². The summed E-state index contributed by atoms with van der Waals surface area (Å²) in [7, 11) is 1.45. The number of hydrogen-bond acceptors (Lipinski definition) is 3. The van der Waals surface area contributed by atoms with E-state index in [1.54, 1.807) is 0 Å². The van der Waals surface area contributed by atoms with E-state index < -0.39 is 5.82 Å². The van der Waals surface area contributed by atoms with Crippen molar-refractivity contribution in [3.8, 4) is 5.75 Å². The lowest BCUT2D eigenvalue weighted by Gasteiger charge is -2.15. The van der Waals surface area contributed by atoms with Crippen LogP contribution in [0.15, 0.2) is 18.2 Å². The second-order valence-corrected chi connectivity index (χ2v) is 5.02. The lowest BCUT2D eigenvalue weighted by molar-refractivity contribution is 0.0443. The van der Waals surface area contributed by atoms with Gasteiger partial charge in [0.2, 0.25) is 0 Å². The van der Waals surface area contributed by atoms with E-state index in [1.165, 1.54) is 25.3 Å². The van der Waals surface area contributed by atoms with E-state index in [0.29, 0.717) is 11.7 Å². The highest BCUT2D eigenvalue weighted by Crippen LogP contribution is 2.20. The zero-order chi connectivity index (χ0) is 14.4. The molecule has 3 nitrogen and oxygen atoms in total. The largest absolute Gasteiger partial charge is 0.496 e. The molecule has 0 bridgehead atoms. The van der Waals surface area contributed by atoms with E-state index in [2.05, 4.69) is 13.8 Å². The fraction of sp³-hybridized carbons (Fsp3) is 0.533. The van der Waals surface area contributed by atoms with E-state index in [1.807, 2.05) is 6.92 Å². The standard InChI is InChI=1S/C15H21FO3/c1-10(2)7-11(3)19-9-14(17)13-8-12(16)5-6-15(13)18-4/h5-6,8,10-11H,7,9H2,1-4H3. The average molecular weight is 268 g/mol. The Hall–Kier alpha value is -1.42. The summed E-state index contributed by atoms with van der Waals surface area (Å²) in [6.07, 6.45) is 0.886. The molecular formula is C15H21FO3. The Morgan fingerprint density at radius 3 is 2.58 bits per heavy atom. The van der Waals surface area contributed by atoms with Crippen LogP contribution in [0.4, 0.5) is 4.39 Å². The molecule has 0 saturated heterocycles. The molecule has 4 heteroatoms. The molecule has 0 radical (unpaired) electrons. The summed E-state index contributed by atoms with van der Waals surface area (Å²) in [5.74, 6) is 0.145. The average Bonchev–Trinajstić information content (AvgIpc) is 2.35. The molecule has 0 aromatic heterocycles. The Morgan fingerprint density at radius 2 is 2.00 bits per heavy atom. The van der Waals surface area contributed by atoms with Crippen LogP contribution < -0.4 is 4.74 Å². The Labute approximate surface area is 113 Å². The van der Waals surface area contributed by atoms with Gasteiger partial charge in [-0.2, -0.15) is 0 Å². The van der Waals surface area contributed by atoms with Gasteiger partial charge in [0.1, 0.15) is 18.2 Å². The van der Waals surface area contributed by atoms with Crippen molar-refractivity contribution in [2.75, 3.05) is 13.7 Å². The summed E-state index contributed by atoms with van der Waals surface area (Å²) in [5.41, 5.74) is 0.222. The number of Topliss-reactive ketones (excluding diaryl/α,β-unsaturated/α-hetero) is 1. The first kappa shape index (κ1) is 15.6. The Morgan fingerprint density at radius 1 is 1.32 bits per heavy atom. The molecule has 1 rings (SSSR count). The predicted octanol–water partition coefficient (Wildman–Crippen LogP) is 3.47. The van der Waals surface area contributed by atoms with E-state index >= 15 is 0 Å². The van der Waals surface area contributed by atoms with Crippen LogP contribution in [0.3, 0.4) is 0 Å². The van der Waals surface area contributed by atoms with E-state index in [-0.39, 0.29) is 24.1 Å². The van der Waals surface area contributed by atoms with Gasteiger partial charge in [0, 0.05) is 0 Å². The van der Waals surface area contributed by atoms with Gasteiger partial charge in [-0.25, -0.2) is 4.39 Å². The Balaban J connectivity index is 2.65. The predicted molar refractivity (Wildman–Crippen MR) is 72.2 cm³/mol. The lowest BCUT2D eigenvalue weighted by Crippen LogP contribution is -2.18. The molecule has 0 spiro atoms. The molecule has 0 N–H and O–H groups in total. The molecule has 1 aromatic carbocycles. The quantitative estimate of drug-likeness (QED) is 0.710. The van der Waals surface area contributed by atoms with E-state index in [9.17, 15) is 9.18 Å². The molecule has 0 fully saturated rings. The monoisotopic (exact) mass is 268 g/mol. The molecular weight excluding hydrogens is 247 g/mol. The molecule has 0 saturated carbocycles. The van der Waals surface area contributed by atoms with Gasteiger partial charge >= 0.3 is 0 Å². The molecule has 106 valence electrons. The fourth-order valence-electron chi connectivity index (χ4n) is 1.93. The first-order chi connectivity index (χ1) is 8.93. The molecule has 0 heterocycles. The van der Waals surface area contributed by atoms with Crippen LogP contribution in [-0.4, -0.2) is 25.6 Å². The van der Waals surface area contributed by atoms with Crippen molar-refractivity contribution in [2.24, 2.45) is 5.92 Å². The number of hydrogen-bond donors (Lipinski definition) is 0. The second kappa shape index (κ2) is 7.24. The maximum absolute atomic E-state index is 13.2. The van der Waals surface area contributed by atoms with E-state index in [4.69, 9.17) is 9.47 Å². The molecule has 0 aliphatic rings. The van der Waals surface area contributed by atoms with Gasteiger partial charge < -0.3 is 9.47 Å². The highest BCUT2D eigenvalue weighted by Gasteiger charge is 2.15. The molecule has 1 atom stereocenters. The summed E-state index contributed by atoms with van der Waals surface area (Å²) < 4.78 is 23.7. The van der Waals surface area contributed by atoms with Crippen molar-refractivity contribution < 1.29 is 18.7 Å². The van der Waals surface area contributed by atoms with Gasteiger partial charge in [0.15, 0.2) is 5.78 Å². The number of rotatable bonds is 7. The van der Waals surface area contributed by atoms with Crippen LogP contribution in [0.5, 0.6) is 5.75 Å². The van der Waals surface area contributed by atoms with Crippen LogP contribution in [0.1, 0.15) is 37.6 Å². The summed E-state index contributed by atoms with van der Waals surface area (Å²) >= 11 is 0. The zero-order valence-electron chi connectivity index (χ0n) is 11.9. The number of halogens is 1. The van der Waals surface area contributed by atoms with Gasteiger partial charge in [-0.1, -0.05) is 13.8 Å². The number of ketones is 1. The van der Waals surface area contributed by atoms with Gasteiger partial charge in [-0.3, -0.25) is 4.79 Å². The highest BCUT2D eigenvalue weighted by molar-refractivity contribution is 5.99. The zero-order valence-corrected chi connectivity index (χ0v) is 11.9. The van der Waals surface area contributed by atoms with Crippen LogP contribution in [0.25, 0.3) is 0 Å². The van der Waals surface area contributed by atoms with Gasteiger partial charge in [0.25, 0.3) is 0 Å². The number of carbonyl (C=O) groups is 1. The number of methoxy groups -OCH3 is 1. The van der Waals surface area contributed by atoms with Crippen molar-refractivity contribution in [3.05, 3.63) is 29.6 Å². The number of ether oxygens (including phenoxy) is 2. The normalized spacial score (nSPS) is 12.5. The fourth-order valence-corrected chi connectivity index (χ4v) is 1.93. The minimum Gasteiger partial charge on any atom is -0.496 e. The third-order valence-corrected chi connectivity index (χ3v) is 2.76. The summed E-state index contributed by atoms with van der Waals surface area (Å²) in [4.78, 5) is 12.0. The number of benzene rings is 1. The van der Waals surface area contributed by atoms with Gasteiger partial charge in [-0.15, -0.1) is 0 Å². The molecule has 0 aliphatic carbocycles. The van der Waals surface area contributed by atoms with Crippen LogP contribution in [0.2, 0.25) is 0 Å². The van der Waals surface area contributed by atoms with Crippen LogP contribution in [0, 0.1) is 11.7 Å². The maximum Gasteiger partial charge on any atom is 0.192 e. The molecule has 1 unspecified atom stereocenters. The molecule has 1 aromatic rings. The molecule has 0 aliphatic heterocycles. The Bertz CT molecular complexity index is 429. The van der Waals surface area contributed by atoms with Crippen molar-refractivity contribution in [1.29, 1.82) is 0 Å². The molecule has 19 heavy (non-hydrogen) atoms. The second-order valence-electron chi connectivity index (χ2n) is 5.02. The van der Waals surface area contributed by atoms with Crippen molar-refractivity contribution >= 4 is 5.78 Å². The SMILES string of the molecule is COc1ccc(F)cc1C(=O)COC(C)CC(C)C. The topological polar surface area (TPSA) is 35.5 Å². The van der Waals surface area contributed by atoms with Crippen LogP contribution in [-0.2, 0) is 4.74 Å². The van der Waals surface area contributed by atoms with Crippen LogP contribution >= 0.6 is 0 Å². The summed E-state index contributed by atoms with van der Waals surface area (Å²) in [6.45, 7) is 6.05. The minimum absolute atomic E-state index is 0.00324. The summed E-state index contributed by atoms with van der Waals surface area (Å²) in [6, 6.07) is 3.88. The first-order valence-corrected chi connectivity index (χ1v) is 6.42. The van der Waals surface area contributed by atoms with Crippen molar-refractivity contribution in [3.63, 3.8) is 0 Å². The Kier molecular flexibility index (Phi) is 5.96. The number of carbonyl (C=O) groups excluding carboxylic acids is 1.